The number of rotatable bonds is 4. The van der Waals surface area contributed by atoms with Crippen LogP contribution in [0.5, 0.6) is 0 Å². The third-order valence-electron chi connectivity index (χ3n) is 4.59. The van der Waals surface area contributed by atoms with Crippen molar-refractivity contribution in [2.24, 2.45) is 7.05 Å². The summed E-state index contributed by atoms with van der Waals surface area (Å²) in [5, 5.41) is 2.17. The average Bonchev–Trinajstić information content (AvgIpc) is 3.18. The molecule has 1 aromatic carbocycles. The fourth-order valence-corrected chi connectivity index (χ4v) is 4.92. The number of thiophene rings is 1. The molecule has 26 heavy (non-hydrogen) atoms. The number of benzene rings is 1. The molecule has 4 rings (SSSR count). The first kappa shape index (κ1) is 17.1. The fourth-order valence-electron chi connectivity index (χ4n) is 3.00. The van der Waals surface area contributed by atoms with Crippen LogP contribution in [-0.2, 0) is 7.05 Å². The number of fused-ring (bicyclic) bond motifs is 2. The second-order valence-electron chi connectivity index (χ2n) is 6.18. The van der Waals surface area contributed by atoms with Crippen LogP contribution in [0.2, 0.25) is 0 Å². The molecule has 0 fully saturated rings. The Kier molecular flexibility index (Phi) is 4.20. The standard InChI is InChI=1S/C19H17N3O2S2/c1-10-11(2)26-17-16(10)18(24)22(3)19(21-17)25-9-15(23)13-8-20-14-7-5-4-6-12(13)14/h4-8,20H,9H2,1-3H3. The molecule has 0 spiro atoms. The van der Waals surface area contributed by atoms with Gasteiger partial charge in [0.05, 0.1) is 11.1 Å². The van der Waals surface area contributed by atoms with E-state index in [0.717, 1.165) is 26.2 Å². The number of hydrogen-bond acceptors (Lipinski definition) is 5. The number of carbonyl (C=O) groups is 1. The van der Waals surface area contributed by atoms with Crippen LogP contribution >= 0.6 is 23.1 Å². The molecule has 0 unspecified atom stereocenters. The summed E-state index contributed by atoms with van der Waals surface area (Å²) in [6, 6.07) is 7.73. The molecular formula is C19H17N3O2S2. The Hall–Kier alpha value is -2.38. The van der Waals surface area contributed by atoms with Gasteiger partial charge >= 0.3 is 0 Å². The lowest BCUT2D eigenvalue weighted by molar-refractivity contribution is 0.102. The van der Waals surface area contributed by atoms with Crippen LogP contribution in [0.25, 0.3) is 21.1 Å². The Bertz CT molecular complexity index is 1220. The van der Waals surface area contributed by atoms with E-state index >= 15 is 0 Å². The first-order valence-electron chi connectivity index (χ1n) is 8.16. The van der Waals surface area contributed by atoms with Crippen molar-refractivity contribution in [1.82, 2.24) is 14.5 Å². The summed E-state index contributed by atoms with van der Waals surface area (Å²) in [6.07, 6.45) is 1.75. The molecule has 5 nitrogen and oxygen atoms in total. The number of hydrogen-bond donors (Lipinski definition) is 1. The maximum atomic E-state index is 12.7. The van der Waals surface area contributed by atoms with Gasteiger partial charge in [0.1, 0.15) is 4.83 Å². The maximum absolute atomic E-state index is 12.7. The van der Waals surface area contributed by atoms with Crippen LogP contribution in [0.4, 0.5) is 0 Å². The Morgan fingerprint density at radius 1 is 1.31 bits per heavy atom. The third-order valence-corrected chi connectivity index (χ3v) is 6.72. The SMILES string of the molecule is Cc1sc2nc(SCC(=O)c3c[nH]c4ccccc34)n(C)c(=O)c2c1C. The number of H-pyrrole nitrogens is 1. The lowest BCUT2D eigenvalue weighted by atomic mass is 10.1. The van der Waals surface area contributed by atoms with Gasteiger partial charge in [-0.25, -0.2) is 4.98 Å². The van der Waals surface area contributed by atoms with E-state index in [1.807, 2.05) is 38.1 Å². The van der Waals surface area contributed by atoms with Crippen LogP contribution in [0.1, 0.15) is 20.8 Å². The van der Waals surface area contributed by atoms with E-state index in [9.17, 15) is 9.59 Å². The van der Waals surface area contributed by atoms with Crippen molar-refractivity contribution in [1.29, 1.82) is 0 Å². The number of aromatic amines is 1. The van der Waals surface area contributed by atoms with Gasteiger partial charge in [-0.05, 0) is 25.5 Å². The Balaban J connectivity index is 1.65. The van der Waals surface area contributed by atoms with Gasteiger partial charge < -0.3 is 4.98 Å². The number of nitrogens with zero attached hydrogens (tertiary/aromatic N) is 2. The molecule has 7 heteroatoms. The van der Waals surface area contributed by atoms with Gasteiger partial charge in [-0.1, -0.05) is 30.0 Å². The van der Waals surface area contributed by atoms with Crippen LogP contribution < -0.4 is 5.56 Å². The summed E-state index contributed by atoms with van der Waals surface area (Å²) in [6.45, 7) is 3.94. The van der Waals surface area contributed by atoms with Crippen molar-refractivity contribution < 1.29 is 4.79 Å². The predicted molar refractivity (Wildman–Crippen MR) is 108 cm³/mol. The van der Waals surface area contributed by atoms with E-state index in [0.29, 0.717) is 16.1 Å². The van der Waals surface area contributed by atoms with Gasteiger partial charge in [-0.15, -0.1) is 11.3 Å². The molecule has 0 aliphatic carbocycles. The lowest BCUT2D eigenvalue weighted by Gasteiger charge is -2.06. The average molecular weight is 383 g/mol. The highest BCUT2D eigenvalue weighted by atomic mass is 32.2. The number of aromatic nitrogens is 3. The Morgan fingerprint density at radius 3 is 2.88 bits per heavy atom. The topological polar surface area (TPSA) is 67.8 Å². The largest absolute Gasteiger partial charge is 0.360 e. The van der Waals surface area contributed by atoms with Gasteiger partial charge in [0.25, 0.3) is 5.56 Å². The van der Waals surface area contributed by atoms with E-state index in [1.54, 1.807) is 13.2 Å². The van der Waals surface area contributed by atoms with E-state index in [-0.39, 0.29) is 17.1 Å². The summed E-state index contributed by atoms with van der Waals surface area (Å²) in [5.74, 6) is 0.247. The van der Waals surface area contributed by atoms with E-state index in [4.69, 9.17) is 0 Å². The first-order valence-corrected chi connectivity index (χ1v) is 9.96. The minimum absolute atomic E-state index is 0.0142. The lowest BCUT2D eigenvalue weighted by Crippen LogP contribution is -2.20. The van der Waals surface area contributed by atoms with Gasteiger partial charge in [0.2, 0.25) is 0 Å². The summed E-state index contributed by atoms with van der Waals surface area (Å²) >= 11 is 2.82. The van der Waals surface area contributed by atoms with Crippen LogP contribution in [0.15, 0.2) is 40.4 Å². The number of aryl methyl sites for hydroxylation is 2. The highest BCUT2D eigenvalue weighted by Gasteiger charge is 2.17. The molecule has 3 aromatic heterocycles. The zero-order chi connectivity index (χ0) is 18.4. The molecule has 3 heterocycles. The molecule has 132 valence electrons. The van der Waals surface area contributed by atoms with Gasteiger partial charge in [0.15, 0.2) is 10.9 Å². The molecule has 0 atom stereocenters. The Labute approximate surface area is 158 Å². The molecule has 4 aromatic rings. The van der Waals surface area contributed by atoms with Crippen molar-refractivity contribution in [2.75, 3.05) is 5.75 Å². The number of para-hydroxylation sites is 1. The van der Waals surface area contributed by atoms with Gasteiger partial charge in [-0.2, -0.15) is 0 Å². The zero-order valence-electron chi connectivity index (χ0n) is 14.6. The van der Waals surface area contributed by atoms with Crippen LogP contribution in [-0.4, -0.2) is 26.1 Å². The number of nitrogens with one attached hydrogen (secondary N) is 1. The first-order chi connectivity index (χ1) is 12.5. The van der Waals surface area contributed by atoms with Crippen molar-refractivity contribution in [3.05, 3.63) is 56.8 Å². The number of ketones is 1. The van der Waals surface area contributed by atoms with E-state index in [1.165, 1.54) is 27.7 Å². The number of Topliss-reactive ketones (excluding diaryl/α,β-unsaturated/α-hetero) is 1. The molecule has 0 amide bonds. The maximum Gasteiger partial charge on any atom is 0.262 e. The molecule has 1 N–H and O–H groups in total. The zero-order valence-corrected chi connectivity index (χ0v) is 16.3. The summed E-state index contributed by atoms with van der Waals surface area (Å²) in [5.41, 5.74) is 2.54. The van der Waals surface area contributed by atoms with Crippen molar-refractivity contribution in [3.63, 3.8) is 0 Å². The molecule has 0 aliphatic rings. The van der Waals surface area contributed by atoms with Gasteiger partial charge in [-0.3, -0.25) is 14.2 Å². The number of thioether (sulfide) groups is 1. The molecular weight excluding hydrogens is 366 g/mol. The fraction of sp³-hybridized carbons (Fsp3) is 0.211. The number of carbonyl (C=O) groups excluding carboxylic acids is 1. The monoisotopic (exact) mass is 383 g/mol. The second-order valence-corrected chi connectivity index (χ2v) is 8.33. The molecule has 0 saturated heterocycles. The molecule has 0 aliphatic heterocycles. The van der Waals surface area contributed by atoms with E-state index in [2.05, 4.69) is 9.97 Å². The van der Waals surface area contributed by atoms with Crippen molar-refractivity contribution in [2.45, 2.75) is 19.0 Å². The minimum Gasteiger partial charge on any atom is -0.360 e. The molecule has 0 bridgehead atoms. The highest BCUT2D eigenvalue weighted by Crippen LogP contribution is 2.28. The Morgan fingerprint density at radius 2 is 2.08 bits per heavy atom. The van der Waals surface area contributed by atoms with E-state index < -0.39 is 0 Å². The van der Waals surface area contributed by atoms with Crippen molar-refractivity contribution in [3.8, 4) is 0 Å². The summed E-state index contributed by atoms with van der Waals surface area (Å²) < 4.78 is 1.54. The highest BCUT2D eigenvalue weighted by molar-refractivity contribution is 7.99. The summed E-state index contributed by atoms with van der Waals surface area (Å²) in [7, 11) is 1.71. The van der Waals surface area contributed by atoms with Gasteiger partial charge in [0, 0.05) is 34.6 Å². The smallest absolute Gasteiger partial charge is 0.262 e. The summed E-state index contributed by atoms with van der Waals surface area (Å²) in [4.78, 5) is 34.9. The van der Waals surface area contributed by atoms with Crippen LogP contribution in [0, 0.1) is 13.8 Å². The van der Waals surface area contributed by atoms with Crippen LogP contribution in [0.3, 0.4) is 0 Å². The second kappa shape index (κ2) is 6.41. The third kappa shape index (κ3) is 2.68. The normalized spacial score (nSPS) is 11.5. The molecule has 0 saturated carbocycles. The predicted octanol–water partition coefficient (Wildman–Crippen LogP) is 4.07. The van der Waals surface area contributed by atoms with Crippen molar-refractivity contribution >= 4 is 50.0 Å². The molecule has 0 radical (unpaired) electrons. The minimum atomic E-state index is -0.0566. The quantitative estimate of drug-likeness (QED) is 0.328.